The molecule has 0 saturated carbocycles. The van der Waals surface area contributed by atoms with E-state index in [9.17, 15) is 4.79 Å². The summed E-state index contributed by atoms with van der Waals surface area (Å²) < 4.78 is 12.4. The lowest BCUT2D eigenvalue weighted by atomic mass is 9.93. The number of ether oxygens (including phenoxy) is 2. The predicted octanol–water partition coefficient (Wildman–Crippen LogP) is 5.93. The lowest BCUT2D eigenvalue weighted by Crippen LogP contribution is -2.28. The number of hydrogen-bond donors (Lipinski definition) is 2. The van der Waals surface area contributed by atoms with E-state index in [1.165, 1.54) is 0 Å². The highest BCUT2D eigenvalue weighted by Crippen LogP contribution is 2.38. The van der Waals surface area contributed by atoms with Crippen molar-refractivity contribution in [3.8, 4) is 11.5 Å². The van der Waals surface area contributed by atoms with Crippen LogP contribution in [0.1, 0.15) is 35.2 Å². The van der Waals surface area contributed by atoms with Crippen molar-refractivity contribution in [2.75, 3.05) is 24.9 Å². The number of nitrogens with zero attached hydrogens (tertiary/aromatic N) is 3. The van der Waals surface area contributed by atoms with Crippen LogP contribution in [0.2, 0.25) is 10.0 Å². The fraction of sp³-hybridized carbons (Fsp3) is 0.222. The van der Waals surface area contributed by atoms with Crippen molar-refractivity contribution in [3.05, 3.63) is 93.5 Å². The van der Waals surface area contributed by atoms with E-state index in [4.69, 9.17) is 32.7 Å². The van der Waals surface area contributed by atoms with Crippen LogP contribution < -0.4 is 20.1 Å². The van der Waals surface area contributed by atoms with E-state index in [1.807, 2.05) is 59.3 Å². The summed E-state index contributed by atoms with van der Waals surface area (Å²) in [6, 6.07) is 20.7. The molecule has 0 unspecified atom stereocenters. The van der Waals surface area contributed by atoms with Gasteiger partial charge in [-0.2, -0.15) is 4.98 Å². The van der Waals surface area contributed by atoms with Crippen LogP contribution in [0.4, 0.5) is 11.9 Å². The van der Waals surface area contributed by atoms with Crippen molar-refractivity contribution in [1.29, 1.82) is 0 Å². The quantitative estimate of drug-likeness (QED) is 0.303. The first-order valence-corrected chi connectivity index (χ1v) is 12.4. The minimum atomic E-state index is -0.243. The second-order valence-electron chi connectivity index (χ2n) is 8.67. The maximum absolute atomic E-state index is 12.8. The van der Waals surface area contributed by atoms with Gasteiger partial charge in [-0.25, -0.2) is 4.68 Å². The highest BCUT2D eigenvalue weighted by Gasteiger charge is 2.31. The standard InChI is InChI=1S/C27H25Cl2N5O3/c1-36-23-12-3-16(13-24(23)37-2)14-25(35)31-26-32-27-30-21(17-4-8-19(28)9-5-17)15-22(34(27)33-26)18-6-10-20(29)11-7-18/h3-13,21-22H,14-15H2,1-2H3,(H2,30,31,32,33,35)/t21-,22-/m0/s1. The Hall–Kier alpha value is -3.75. The zero-order valence-electron chi connectivity index (χ0n) is 20.2. The van der Waals surface area contributed by atoms with E-state index >= 15 is 0 Å². The predicted molar refractivity (Wildman–Crippen MR) is 144 cm³/mol. The molecule has 5 rings (SSSR count). The van der Waals surface area contributed by atoms with E-state index in [0.717, 1.165) is 23.1 Å². The number of carbonyl (C=O) groups is 1. The molecule has 2 atom stereocenters. The third-order valence-electron chi connectivity index (χ3n) is 6.28. The fourth-order valence-electron chi connectivity index (χ4n) is 4.45. The van der Waals surface area contributed by atoms with Gasteiger partial charge < -0.3 is 14.8 Å². The van der Waals surface area contributed by atoms with Gasteiger partial charge in [-0.3, -0.25) is 10.1 Å². The lowest BCUT2D eigenvalue weighted by molar-refractivity contribution is -0.115. The smallest absolute Gasteiger partial charge is 0.250 e. The third kappa shape index (κ3) is 5.50. The summed E-state index contributed by atoms with van der Waals surface area (Å²) in [5, 5.41) is 12.2. The molecule has 190 valence electrons. The zero-order chi connectivity index (χ0) is 25.9. The molecule has 1 aromatic heterocycles. The van der Waals surface area contributed by atoms with Gasteiger partial charge in [0.25, 0.3) is 5.95 Å². The number of anilines is 2. The second-order valence-corrected chi connectivity index (χ2v) is 9.54. The number of rotatable bonds is 7. The molecule has 2 heterocycles. The van der Waals surface area contributed by atoms with Gasteiger partial charge in [0.15, 0.2) is 11.5 Å². The molecule has 0 bridgehead atoms. The molecule has 8 nitrogen and oxygen atoms in total. The van der Waals surface area contributed by atoms with Gasteiger partial charge in [0.1, 0.15) is 0 Å². The molecule has 1 amide bonds. The topological polar surface area (TPSA) is 90.3 Å². The van der Waals surface area contributed by atoms with Gasteiger partial charge in [0.05, 0.1) is 32.7 Å². The van der Waals surface area contributed by atoms with Crippen LogP contribution in [0, 0.1) is 0 Å². The summed E-state index contributed by atoms with van der Waals surface area (Å²) in [6.45, 7) is 0. The van der Waals surface area contributed by atoms with Gasteiger partial charge in [-0.15, -0.1) is 5.10 Å². The summed E-state index contributed by atoms with van der Waals surface area (Å²) in [4.78, 5) is 17.4. The van der Waals surface area contributed by atoms with Gasteiger partial charge in [0, 0.05) is 10.0 Å². The molecule has 0 radical (unpaired) electrons. The Morgan fingerprint density at radius 3 is 2.27 bits per heavy atom. The summed E-state index contributed by atoms with van der Waals surface area (Å²) >= 11 is 12.2. The van der Waals surface area contributed by atoms with Crippen LogP contribution in [0.5, 0.6) is 11.5 Å². The molecule has 0 fully saturated rings. The second kappa shape index (κ2) is 10.7. The zero-order valence-corrected chi connectivity index (χ0v) is 21.8. The molecule has 1 aliphatic heterocycles. The first-order valence-electron chi connectivity index (χ1n) is 11.7. The van der Waals surface area contributed by atoms with E-state index in [1.54, 1.807) is 26.4 Å². The molecule has 0 spiro atoms. The first-order chi connectivity index (χ1) is 17.9. The van der Waals surface area contributed by atoms with E-state index in [0.29, 0.717) is 27.5 Å². The largest absolute Gasteiger partial charge is 0.493 e. The number of nitrogens with one attached hydrogen (secondary N) is 2. The highest BCUT2D eigenvalue weighted by atomic mass is 35.5. The highest BCUT2D eigenvalue weighted by molar-refractivity contribution is 6.30. The lowest BCUT2D eigenvalue weighted by Gasteiger charge is -2.31. The van der Waals surface area contributed by atoms with Crippen molar-refractivity contribution in [2.45, 2.75) is 24.9 Å². The molecule has 37 heavy (non-hydrogen) atoms. The molecule has 0 saturated heterocycles. The maximum atomic E-state index is 12.8. The van der Waals surface area contributed by atoms with E-state index in [2.05, 4.69) is 20.7 Å². The Kier molecular flexibility index (Phi) is 7.21. The van der Waals surface area contributed by atoms with Gasteiger partial charge >= 0.3 is 0 Å². The average Bonchev–Trinajstić information content (AvgIpc) is 3.31. The molecule has 1 aliphatic rings. The number of aromatic nitrogens is 3. The monoisotopic (exact) mass is 537 g/mol. The molecule has 2 N–H and O–H groups in total. The number of benzene rings is 3. The Bertz CT molecular complexity index is 1410. The molecular formula is C27H25Cl2N5O3. The van der Waals surface area contributed by atoms with E-state index in [-0.39, 0.29) is 30.4 Å². The normalized spacial score (nSPS) is 16.4. The van der Waals surface area contributed by atoms with Crippen molar-refractivity contribution < 1.29 is 14.3 Å². The fourth-order valence-corrected chi connectivity index (χ4v) is 4.70. The summed E-state index contributed by atoms with van der Waals surface area (Å²) in [6.07, 6.45) is 0.852. The van der Waals surface area contributed by atoms with Crippen LogP contribution in [-0.2, 0) is 11.2 Å². The van der Waals surface area contributed by atoms with Crippen molar-refractivity contribution in [1.82, 2.24) is 14.8 Å². The number of halogens is 2. The van der Waals surface area contributed by atoms with Crippen LogP contribution >= 0.6 is 23.2 Å². The van der Waals surface area contributed by atoms with Crippen molar-refractivity contribution >= 4 is 41.0 Å². The average molecular weight is 538 g/mol. The number of amides is 1. The van der Waals surface area contributed by atoms with Crippen molar-refractivity contribution in [2.24, 2.45) is 0 Å². The SMILES string of the molecule is COc1ccc(CC(=O)Nc2nc3n(n2)[C@H](c2ccc(Cl)cc2)C[C@@H](c2ccc(Cl)cc2)N3)cc1OC. The van der Waals surface area contributed by atoms with Crippen LogP contribution in [-0.4, -0.2) is 34.9 Å². The van der Waals surface area contributed by atoms with Crippen LogP contribution in [0.15, 0.2) is 66.7 Å². The van der Waals surface area contributed by atoms with Crippen molar-refractivity contribution in [3.63, 3.8) is 0 Å². The number of carbonyl (C=O) groups excluding carboxylic acids is 1. The Labute approximate surface area is 224 Å². The summed E-state index contributed by atoms with van der Waals surface area (Å²) in [5.41, 5.74) is 2.90. The minimum Gasteiger partial charge on any atom is -0.493 e. The molecule has 4 aromatic rings. The minimum absolute atomic E-state index is 0.0232. The molecular weight excluding hydrogens is 513 g/mol. The van der Waals surface area contributed by atoms with E-state index < -0.39 is 0 Å². The Morgan fingerprint density at radius 1 is 0.973 bits per heavy atom. The Morgan fingerprint density at radius 2 is 1.62 bits per heavy atom. The Balaban J connectivity index is 1.39. The van der Waals surface area contributed by atoms with Gasteiger partial charge in [-0.1, -0.05) is 53.5 Å². The first kappa shape index (κ1) is 24.9. The molecule has 3 aromatic carbocycles. The molecule has 0 aliphatic carbocycles. The number of hydrogen-bond acceptors (Lipinski definition) is 6. The summed E-state index contributed by atoms with van der Waals surface area (Å²) in [7, 11) is 3.13. The van der Waals surface area contributed by atoms with Crippen LogP contribution in [0.3, 0.4) is 0 Å². The molecule has 10 heteroatoms. The van der Waals surface area contributed by atoms with Gasteiger partial charge in [0.2, 0.25) is 11.9 Å². The number of methoxy groups -OCH3 is 2. The van der Waals surface area contributed by atoms with Crippen LogP contribution in [0.25, 0.3) is 0 Å². The third-order valence-corrected chi connectivity index (χ3v) is 6.78. The summed E-state index contributed by atoms with van der Waals surface area (Å²) in [5.74, 6) is 1.71. The maximum Gasteiger partial charge on any atom is 0.250 e. The number of fused-ring (bicyclic) bond motifs is 1. The van der Waals surface area contributed by atoms with Gasteiger partial charge in [-0.05, 0) is 59.5 Å².